The van der Waals surface area contributed by atoms with Gasteiger partial charge in [-0.2, -0.15) is 10.2 Å². The Hall–Kier alpha value is -3.34. The summed E-state index contributed by atoms with van der Waals surface area (Å²) in [5.41, 5.74) is 3.78. The standard InChI is InChI=1S/C26H26ClN7O3/c1-26(2)20-21(26)25(36)32(24(20)35)10-14-5-19-22(29-13-31-33(19)11-14)18-7-16(27)6-15-8-30-34(23(15)18)12-17-9-28-3-4-37-17/h5-8,11,13,17,20-21,28H,3-4,9-10,12H2,1-2H3/t17-,20?,21?/m0/s1. The van der Waals surface area contributed by atoms with E-state index in [4.69, 9.17) is 16.3 Å². The van der Waals surface area contributed by atoms with E-state index in [0.29, 0.717) is 23.9 Å². The second-order valence-corrected chi connectivity index (χ2v) is 11.2. The molecular weight excluding hydrogens is 494 g/mol. The largest absolute Gasteiger partial charge is 0.374 e. The molecule has 1 saturated carbocycles. The summed E-state index contributed by atoms with van der Waals surface area (Å²) < 4.78 is 9.58. The molecular formula is C26H26ClN7O3. The van der Waals surface area contributed by atoms with Gasteiger partial charge in [0.2, 0.25) is 11.8 Å². The molecule has 7 rings (SSSR count). The molecule has 1 N–H and O–H groups in total. The Morgan fingerprint density at radius 3 is 2.73 bits per heavy atom. The molecule has 3 fully saturated rings. The van der Waals surface area contributed by atoms with Crippen LogP contribution in [0.5, 0.6) is 0 Å². The zero-order chi connectivity index (χ0) is 25.5. The summed E-state index contributed by atoms with van der Waals surface area (Å²) >= 11 is 6.51. The van der Waals surface area contributed by atoms with Crippen molar-refractivity contribution in [3.8, 4) is 11.3 Å². The molecule has 2 unspecified atom stereocenters. The van der Waals surface area contributed by atoms with Gasteiger partial charge in [0.25, 0.3) is 0 Å². The van der Waals surface area contributed by atoms with E-state index in [1.165, 1.54) is 11.2 Å². The van der Waals surface area contributed by atoms with Crippen molar-refractivity contribution in [2.24, 2.45) is 17.3 Å². The molecule has 11 heteroatoms. The van der Waals surface area contributed by atoms with Crippen molar-refractivity contribution in [3.05, 3.63) is 47.5 Å². The van der Waals surface area contributed by atoms with Gasteiger partial charge in [-0.1, -0.05) is 25.4 Å². The number of hydrogen-bond donors (Lipinski definition) is 1. The predicted octanol–water partition coefficient (Wildman–Crippen LogP) is 2.53. The maximum atomic E-state index is 12.9. The van der Waals surface area contributed by atoms with Crippen molar-refractivity contribution in [2.75, 3.05) is 19.7 Å². The molecule has 5 heterocycles. The molecule has 2 aliphatic heterocycles. The van der Waals surface area contributed by atoms with Crippen LogP contribution in [0.1, 0.15) is 19.4 Å². The summed E-state index contributed by atoms with van der Waals surface area (Å²) in [6.45, 7) is 7.06. The van der Waals surface area contributed by atoms with E-state index >= 15 is 0 Å². The van der Waals surface area contributed by atoms with Crippen LogP contribution in [0.15, 0.2) is 36.9 Å². The van der Waals surface area contributed by atoms with Crippen molar-refractivity contribution in [2.45, 2.75) is 33.0 Å². The zero-order valence-electron chi connectivity index (χ0n) is 20.5. The van der Waals surface area contributed by atoms with Gasteiger partial charge in [0.15, 0.2) is 0 Å². The molecule has 3 aromatic heterocycles. The number of rotatable bonds is 5. The topological polar surface area (TPSA) is 107 Å². The number of carbonyl (C=O) groups is 2. The minimum Gasteiger partial charge on any atom is -0.374 e. The van der Waals surface area contributed by atoms with E-state index in [1.54, 1.807) is 10.7 Å². The molecule has 3 atom stereocenters. The summed E-state index contributed by atoms with van der Waals surface area (Å²) in [6, 6.07) is 5.72. The summed E-state index contributed by atoms with van der Waals surface area (Å²) in [6.07, 6.45) is 5.16. The first-order valence-corrected chi connectivity index (χ1v) is 12.9. The minimum atomic E-state index is -0.228. The summed E-state index contributed by atoms with van der Waals surface area (Å²) in [7, 11) is 0. The van der Waals surface area contributed by atoms with Crippen molar-refractivity contribution < 1.29 is 14.3 Å². The van der Waals surface area contributed by atoms with Gasteiger partial charge in [0, 0.05) is 35.3 Å². The average molecular weight is 520 g/mol. The Labute approximate surface area is 217 Å². The number of likely N-dealkylation sites (tertiary alicyclic amines) is 1. The lowest BCUT2D eigenvalue weighted by Gasteiger charge is -2.24. The lowest BCUT2D eigenvalue weighted by atomic mass is 10.1. The fourth-order valence-corrected chi connectivity index (χ4v) is 6.29. The number of nitrogens with one attached hydrogen (secondary N) is 1. The Morgan fingerprint density at radius 1 is 1.16 bits per heavy atom. The third-order valence-electron chi connectivity index (χ3n) is 8.03. The van der Waals surface area contributed by atoms with Crippen molar-refractivity contribution in [3.63, 3.8) is 0 Å². The number of morpholine rings is 1. The molecule has 37 heavy (non-hydrogen) atoms. The van der Waals surface area contributed by atoms with Gasteiger partial charge < -0.3 is 10.1 Å². The first kappa shape index (κ1) is 22.8. The van der Waals surface area contributed by atoms with Crippen LogP contribution in [0, 0.1) is 17.3 Å². The van der Waals surface area contributed by atoms with Gasteiger partial charge >= 0.3 is 0 Å². The SMILES string of the molecule is CC1(C)C2C(=O)N(Cc3cc4c(-c5cc(Cl)cc6cnn(C[C@@H]7CNCCO7)c56)ncnn4c3)C(=O)C21. The Bertz CT molecular complexity index is 1560. The third kappa shape index (κ3) is 3.50. The molecule has 0 radical (unpaired) electrons. The van der Waals surface area contributed by atoms with Gasteiger partial charge in [0.1, 0.15) is 12.0 Å². The molecule has 10 nitrogen and oxygen atoms in total. The first-order chi connectivity index (χ1) is 17.8. The number of imide groups is 1. The first-order valence-electron chi connectivity index (χ1n) is 12.5. The maximum Gasteiger partial charge on any atom is 0.233 e. The number of aromatic nitrogens is 5. The number of halogens is 1. The van der Waals surface area contributed by atoms with Crippen molar-refractivity contribution >= 4 is 39.8 Å². The molecule has 3 aliphatic rings. The van der Waals surface area contributed by atoms with Crippen molar-refractivity contribution in [1.82, 2.24) is 34.6 Å². The van der Waals surface area contributed by atoms with Crippen LogP contribution < -0.4 is 5.32 Å². The van der Waals surface area contributed by atoms with Gasteiger partial charge in [-0.25, -0.2) is 9.50 Å². The Kier molecular flexibility index (Phi) is 4.98. The average Bonchev–Trinajstić information content (AvgIpc) is 3.23. The molecule has 0 spiro atoms. The molecule has 1 aliphatic carbocycles. The van der Waals surface area contributed by atoms with Gasteiger partial charge in [0.05, 0.1) is 54.9 Å². The Balaban J connectivity index is 1.27. The van der Waals surface area contributed by atoms with Crippen LogP contribution in [-0.4, -0.2) is 66.9 Å². The quantitative estimate of drug-likeness (QED) is 0.404. The van der Waals surface area contributed by atoms with E-state index in [1.807, 2.05) is 42.9 Å². The number of fused-ring (bicyclic) bond motifs is 3. The number of benzene rings is 1. The van der Waals surface area contributed by atoms with E-state index in [9.17, 15) is 9.59 Å². The zero-order valence-corrected chi connectivity index (χ0v) is 21.3. The number of hydrogen-bond acceptors (Lipinski definition) is 7. The molecule has 1 aromatic carbocycles. The molecule has 4 aromatic rings. The highest BCUT2D eigenvalue weighted by Gasteiger charge is 2.72. The number of amides is 2. The summed E-state index contributed by atoms with van der Waals surface area (Å²) in [5, 5.41) is 13.9. The smallest absolute Gasteiger partial charge is 0.233 e. The van der Waals surface area contributed by atoms with E-state index in [0.717, 1.165) is 40.6 Å². The van der Waals surface area contributed by atoms with Gasteiger partial charge in [-0.3, -0.25) is 19.2 Å². The number of carbonyl (C=O) groups excluding carboxylic acids is 2. The predicted molar refractivity (Wildman–Crippen MR) is 136 cm³/mol. The van der Waals surface area contributed by atoms with Gasteiger partial charge in [-0.15, -0.1) is 0 Å². The molecule has 2 saturated heterocycles. The second kappa shape index (κ2) is 8.08. The van der Waals surface area contributed by atoms with Crippen molar-refractivity contribution in [1.29, 1.82) is 0 Å². The highest BCUT2D eigenvalue weighted by molar-refractivity contribution is 6.32. The van der Waals surface area contributed by atoms with Crippen LogP contribution in [0.2, 0.25) is 5.02 Å². The fourth-order valence-electron chi connectivity index (χ4n) is 6.06. The summed E-state index contributed by atoms with van der Waals surface area (Å²) in [4.78, 5) is 31.7. The highest BCUT2D eigenvalue weighted by atomic mass is 35.5. The summed E-state index contributed by atoms with van der Waals surface area (Å²) in [5.74, 6) is -0.561. The van der Waals surface area contributed by atoms with Gasteiger partial charge in [-0.05, 0) is 29.2 Å². The normalized spacial score (nSPS) is 24.8. The lowest BCUT2D eigenvalue weighted by Crippen LogP contribution is -2.40. The fraction of sp³-hybridized carbons (Fsp3) is 0.423. The van der Waals surface area contributed by atoms with E-state index in [-0.39, 0.29) is 41.7 Å². The van der Waals surface area contributed by atoms with E-state index in [2.05, 4.69) is 20.5 Å². The number of ether oxygens (including phenoxy) is 1. The lowest BCUT2D eigenvalue weighted by molar-refractivity contribution is -0.143. The second-order valence-electron chi connectivity index (χ2n) is 10.7. The Morgan fingerprint density at radius 2 is 1.97 bits per heavy atom. The third-order valence-corrected chi connectivity index (χ3v) is 8.25. The van der Waals surface area contributed by atoms with E-state index < -0.39 is 0 Å². The number of piperidine rings is 1. The molecule has 0 bridgehead atoms. The van der Waals surface area contributed by atoms with Crippen LogP contribution in [0.3, 0.4) is 0 Å². The maximum absolute atomic E-state index is 12.9. The van der Waals surface area contributed by atoms with Crippen LogP contribution in [-0.2, 0) is 27.4 Å². The highest BCUT2D eigenvalue weighted by Crippen LogP contribution is 2.63. The van der Waals surface area contributed by atoms with Crippen LogP contribution in [0.25, 0.3) is 27.7 Å². The molecule has 2 amide bonds. The monoisotopic (exact) mass is 519 g/mol. The molecule has 190 valence electrons. The van der Waals surface area contributed by atoms with Crippen LogP contribution in [0.4, 0.5) is 0 Å². The minimum absolute atomic E-state index is 0.0115. The number of nitrogens with zero attached hydrogens (tertiary/aromatic N) is 6. The van der Waals surface area contributed by atoms with Crippen LogP contribution >= 0.6 is 11.6 Å².